The highest BCUT2D eigenvalue weighted by Gasteiger charge is 2.23. The lowest BCUT2D eigenvalue weighted by atomic mass is 10.1. The maximum atomic E-state index is 5.90. The quantitative estimate of drug-likeness (QED) is 0.894. The van der Waals surface area contributed by atoms with Gasteiger partial charge in [0.2, 0.25) is 0 Å². The average Bonchev–Trinajstić information content (AvgIpc) is 3.11. The molecule has 0 atom stereocenters. The molecule has 3 heteroatoms. The van der Waals surface area contributed by atoms with E-state index in [0.717, 1.165) is 12.5 Å². The van der Waals surface area contributed by atoms with Crippen LogP contribution >= 0.6 is 11.3 Å². The largest absolute Gasteiger partial charge is 0.326 e. The first-order valence-corrected chi connectivity index (χ1v) is 7.47. The first kappa shape index (κ1) is 12.2. The Balaban J connectivity index is 1.88. The fraction of sp³-hybridized carbons (Fsp3) is 0.467. The van der Waals surface area contributed by atoms with Crippen molar-refractivity contribution >= 4 is 21.4 Å². The van der Waals surface area contributed by atoms with Crippen molar-refractivity contribution in [2.24, 2.45) is 11.7 Å². The first-order chi connectivity index (χ1) is 8.78. The van der Waals surface area contributed by atoms with Gasteiger partial charge < -0.3 is 10.6 Å². The van der Waals surface area contributed by atoms with E-state index in [0.29, 0.717) is 6.54 Å². The van der Waals surface area contributed by atoms with E-state index in [1.807, 2.05) is 11.3 Å². The summed E-state index contributed by atoms with van der Waals surface area (Å²) in [5, 5.41) is 1.39. The summed E-state index contributed by atoms with van der Waals surface area (Å²) in [6.45, 7) is 2.92. The summed E-state index contributed by atoms with van der Waals surface area (Å²) in [5.41, 5.74) is 7.34. The van der Waals surface area contributed by atoms with Crippen LogP contribution in [0.2, 0.25) is 0 Å². The van der Waals surface area contributed by atoms with Gasteiger partial charge in [0.1, 0.15) is 0 Å². The third-order valence-electron chi connectivity index (χ3n) is 3.66. The lowest BCUT2D eigenvalue weighted by molar-refractivity contribution is 0.314. The fourth-order valence-corrected chi connectivity index (χ4v) is 3.66. The van der Waals surface area contributed by atoms with Crippen LogP contribution < -0.4 is 5.73 Å². The van der Waals surface area contributed by atoms with Gasteiger partial charge in [-0.3, -0.25) is 0 Å². The summed E-state index contributed by atoms with van der Waals surface area (Å²) < 4.78 is 1.37. The number of hydrogen-bond acceptors (Lipinski definition) is 3. The monoisotopic (exact) mass is 260 g/mol. The van der Waals surface area contributed by atoms with Crippen LogP contribution in [0.1, 0.15) is 23.3 Å². The van der Waals surface area contributed by atoms with Crippen molar-refractivity contribution in [2.45, 2.75) is 25.9 Å². The standard InChI is InChI=1S/C15H20N2S/c1-17(9-11-6-7-11)10-13-12-4-2-3-5-14(12)18-15(13)8-16/h2-5,11H,6-10,16H2,1H3. The normalized spacial score (nSPS) is 15.7. The van der Waals surface area contributed by atoms with E-state index in [1.54, 1.807) is 0 Å². The van der Waals surface area contributed by atoms with Crippen molar-refractivity contribution < 1.29 is 0 Å². The minimum atomic E-state index is 0.659. The molecule has 0 spiro atoms. The highest BCUT2D eigenvalue weighted by molar-refractivity contribution is 7.19. The van der Waals surface area contributed by atoms with Crippen molar-refractivity contribution in [3.8, 4) is 0 Å². The zero-order valence-corrected chi connectivity index (χ0v) is 11.7. The predicted molar refractivity (Wildman–Crippen MR) is 78.8 cm³/mol. The second-order valence-corrected chi connectivity index (χ2v) is 6.48. The van der Waals surface area contributed by atoms with E-state index in [2.05, 4.69) is 36.2 Å². The van der Waals surface area contributed by atoms with Crippen molar-refractivity contribution in [2.75, 3.05) is 13.6 Å². The molecule has 2 aromatic rings. The maximum absolute atomic E-state index is 5.90. The zero-order chi connectivity index (χ0) is 12.5. The van der Waals surface area contributed by atoms with Crippen LogP contribution in [-0.2, 0) is 13.1 Å². The van der Waals surface area contributed by atoms with E-state index in [1.165, 1.54) is 39.9 Å². The molecule has 0 radical (unpaired) electrons. The Hall–Kier alpha value is -0.900. The second kappa shape index (κ2) is 5.00. The maximum Gasteiger partial charge on any atom is 0.0349 e. The molecule has 1 heterocycles. The van der Waals surface area contributed by atoms with E-state index in [4.69, 9.17) is 5.73 Å². The Kier molecular flexibility index (Phi) is 3.37. The average molecular weight is 260 g/mol. The second-order valence-electron chi connectivity index (χ2n) is 5.34. The zero-order valence-electron chi connectivity index (χ0n) is 10.9. The van der Waals surface area contributed by atoms with Crippen LogP contribution in [0.25, 0.3) is 10.1 Å². The molecule has 96 valence electrons. The minimum absolute atomic E-state index is 0.659. The molecule has 1 fully saturated rings. The summed E-state index contributed by atoms with van der Waals surface area (Å²) in [4.78, 5) is 3.80. The molecule has 2 N–H and O–H groups in total. The van der Waals surface area contributed by atoms with Crippen LogP contribution in [0.5, 0.6) is 0 Å². The smallest absolute Gasteiger partial charge is 0.0349 e. The Bertz CT molecular complexity index is 542. The minimum Gasteiger partial charge on any atom is -0.326 e. The van der Waals surface area contributed by atoms with Gasteiger partial charge in [-0.1, -0.05) is 18.2 Å². The van der Waals surface area contributed by atoms with Crippen molar-refractivity contribution in [3.63, 3.8) is 0 Å². The molecular formula is C15H20N2S. The van der Waals surface area contributed by atoms with Gasteiger partial charge in [-0.25, -0.2) is 0 Å². The number of benzene rings is 1. The molecule has 0 unspecified atom stereocenters. The summed E-state index contributed by atoms with van der Waals surface area (Å²) in [7, 11) is 2.23. The molecule has 1 saturated carbocycles. The van der Waals surface area contributed by atoms with E-state index in [9.17, 15) is 0 Å². The number of thiophene rings is 1. The van der Waals surface area contributed by atoms with Crippen LogP contribution in [0.3, 0.4) is 0 Å². The van der Waals surface area contributed by atoms with Gasteiger partial charge in [0.25, 0.3) is 0 Å². The van der Waals surface area contributed by atoms with Gasteiger partial charge in [0.05, 0.1) is 0 Å². The highest BCUT2D eigenvalue weighted by Crippen LogP contribution is 2.33. The first-order valence-electron chi connectivity index (χ1n) is 6.66. The van der Waals surface area contributed by atoms with Gasteiger partial charge in [-0.15, -0.1) is 11.3 Å². The van der Waals surface area contributed by atoms with E-state index < -0.39 is 0 Å². The molecule has 1 aliphatic rings. The van der Waals surface area contributed by atoms with Crippen LogP contribution in [0, 0.1) is 5.92 Å². The summed E-state index contributed by atoms with van der Waals surface area (Å²) in [6.07, 6.45) is 2.83. The number of nitrogens with two attached hydrogens (primary N) is 1. The summed E-state index contributed by atoms with van der Waals surface area (Å²) in [6, 6.07) is 8.66. The number of hydrogen-bond donors (Lipinski definition) is 1. The lowest BCUT2D eigenvalue weighted by Gasteiger charge is -2.16. The molecule has 0 amide bonds. The molecule has 3 rings (SSSR count). The molecule has 0 saturated heterocycles. The Morgan fingerprint density at radius 2 is 2.11 bits per heavy atom. The highest BCUT2D eigenvalue weighted by atomic mass is 32.1. The fourth-order valence-electron chi connectivity index (χ4n) is 2.56. The summed E-state index contributed by atoms with van der Waals surface area (Å²) >= 11 is 1.85. The van der Waals surface area contributed by atoms with Gasteiger partial charge in [0, 0.05) is 29.2 Å². The molecule has 0 bridgehead atoms. The van der Waals surface area contributed by atoms with Gasteiger partial charge in [-0.2, -0.15) is 0 Å². The van der Waals surface area contributed by atoms with Crippen LogP contribution in [0.4, 0.5) is 0 Å². The Labute approximate surface area is 112 Å². The van der Waals surface area contributed by atoms with Gasteiger partial charge in [0.15, 0.2) is 0 Å². The topological polar surface area (TPSA) is 29.3 Å². The SMILES string of the molecule is CN(Cc1c(CN)sc2ccccc12)CC1CC1. The number of fused-ring (bicyclic) bond motifs is 1. The van der Waals surface area contributed by atoms with E-state index >= 15 is 0 Å². The lowest BCUT2D eigenvalue weighted by Crippen LogP contribution is -2.21. The third-order valence-corrected chi connectivity index (χ3v) is 4.90. The molecule has 1 aliphatic carbocycles. The van der Waals surface area contributed by atoms with Crippen molar-refractivity contribution in [3.05, 3.63) is 34.7 Å². The molecule has 2 nitrogen and oxygen atoms in total. The molecule has 0 aliphatic heterocycles. The van der Waals surface area contributed by atoms with Crippen molar-refractivity contribution in [1.29, 1.82) is 0 Å². The molecule has 18 heavy (non-hydrogen) atoms. The van der Waals surface area contributed by atoms with Gasteiger partial charge in [-0.05, 0) is 42.8 Å². The molecular weight excluding hydrogens is 240 g/mol. The molecule has 1 aromatic carbocycles. The van der Waals surface area contributed by atoms with Gasteiger partial charge >= 0.3 is 0 Å². The Morgan fingerprint density at radius 3 is 2.83 bits per heavy atom. The third kappa shape index (κ3) is 2.44. The summed E-state index contributed by atoms with van der Waals surface area (Å²) in [5.74, 6) is 0.946. The predicted octanol–water partition coefficient (Wildman–Crippen LogP) is 3.20. The molecule has 1 aromatic heterocycles. The number of rotatable bonds is 5. The van der Waals surface area contributed by atoms with E-state index in [-0.39, 0.29) is 0 Å². The Morgan fingerprint density at radius 1 is 1.33 bits per heavy atom. The van der Waals surface area contributed by atoms with Crippen LogP contribution in [-0.4, -0.2) is 18.5 Å². The number of nitrogens with zero attached hydrogens (tertiary/aromatic N) is 1. The van der Waals surface area contributed by atoms with Crippen LogP contribution in [0.15, 0.2) is 24.3 Å². The van der Waals surface area contributed by atoms with Crippen molar-refractivity contribution in [1.82, 2.24) is 4.90 Å².